The standard InChI is InChI=1S/C6H6ClN3O2S/c7-3-12-10-4(1-11)5-2-13-6(8)9-5/h1-2H,3H2,(H2,8,9)/b10-4+. The second kappa shape index (κ2) is 4.78. The summed E-state index contributed by atoms with van der Waals surface area (Å²) in [6.45, 7) is 0. The molecule has 0 spiro atoms. The quantitative estimate of drug-likeness (QED) is 0.352. The molecule has 0 amide bonds. The smallest absolute Gasteiger partial charge is 0.190 e. The van der Waals surface area contributed by atoms with Gasteiger partial charge in [0.05, 0.1) is 0 Å². The first-order chi connectivity index (χ1) is 6.27. The highest BCUT2D eigenvalue weighted by atomic mass is 35.5. The van der Waals surface area contributed by atoms with Crippen molar-refractivity contribution in [1.29, 1.82) is 0 Å². The molecule has 5 nitrogen and oxygen atoms in total. The predicted molar refractivity (Wildman–Crippen MR) is 50.9 cm³/mol. The molecule has 0 aliphatic heterocycles. The number of aldehydes is 1. The first-order valence-electron chi connectivity index (χ1n) is 3.20. The molecule has 1 aromatic heterocycles. The van der Waals surface area contributed by atoms with E-state index in [2.05, 4.69) is 15.0 Å². The normalized spacial score (nSPS) is 11.3. The molecule has 0 saturated heterocycles. The number of carbonyl (C=O) groups excluding carboxylic acids is 1. The van der Waals surface area contributed by atoms with Crippen molar-refractivity contribution in [1.82, 2.24) is 4.98 Å². The molecule has 0 saturated carbocycles. The molecule has 7 heteroatoms. The van der Waals surface area contributed by atoms with Gasteiger partial charge < -0.3 is 10.6 Å². The Labute approximate surface area is 83.2 Å². The third kappa shape index (κ3) is 2.67. The van der Waals surface area contributed by atoms with E-state index in [0.29, 0.717) is 17.1 Å². The maximum Gasteiger partial charge on any atom is 0.190 e. The Kier molecular flexibility index (Phi) is 3.66. The third-order valence-corrected chi connectivity index (χ3v) is 1.88. The van der Waals surface area contributed by atoms with Crippen LogP contribution in [-0.2, 0) is 9.63 Å². The van der Waals surface area contributed by atoms with Crippen molar-refractivity contribution in [2.24, 2.45) is 5.16 Å². The van der Waals surface area contributed by atoms with Gasteiger partial charge in [-0.1, -0.05) is 16.8 Å². The molecule has 0 bridgehead atoms. The zero-order valence-electron chi connectivity index (χ0n) is 6.44. The topological polar surface area (TPSA) is 77.6 Å². The fraction of sp³-hybridized carbons (Fsp3) is 0.167. The number of halogens is 1. The van der Waals surface area contributed by atoms with E-state index in [9.17, 15) is 4.79 Å². The molecule has 1 heterocycles. The summed E-state index contributed by atoms with van der Waals surface area (Å²) in [6, 6.07) is -0.114. The summed E-state index contributed by atoms with van der Waals surface area (Å²) < 4.78 is 0. The Hall–Kier alpha value is -1.14. The molecule has 0 aliphatic rings. The van der Waals surface area contributed by atoms with Gasteiger partial charge in [-0.15, -0.1) is 11.3 Å². The number of nitrogens with two attached hydrogens (primary N) is 1. The number of nitrogens with zero attached hydrogens (tertiary/aromatic N) is 2. The second-order valence-electron chi connectivity index (χ2n) is 1.90. The molecule has 2 N–H and O–H groups in total. The Morgan fingerprint density at radius 2 is 2.69 bits per heavy atom. The highest BCUT2D eigenvalue weighted by Gasteiger charge is 2.06. The van der Waals surface area contributed by atoms with E-state index in [1.54, 1.807) is 5.38 Å². The van der Waals surface area contributed by atoms with E-state index in [4.69, 9.17) is 17.3 Å². The Bertz CT molecular complexity index is 325. The maximum atomic E-state index is 10.5. The number of hydrogen-bond donors (Lipinski definition) is 1. The van der Waals surface area contributed by atoms with Gasteiger partial charge >= 0.3 is 0 Å². The molecule has 0 aromatic carbocycles. The lowest BCUT2D eigenvalue weighted by Gasteiger charge is -1.92. The van der Waals surface area contributed by atoms with Gasteiger partial charge in [0.1, 0.15) is 5.69 Å². The first kappa shape index (κ1) is 9.94. The summed E-state index contributed by atoms with van der Waals surface area (Å²) in [5.41, 5.74) is 5.84. The van der Waals surface area contributed by atoms with Gasteiger partial charge in [-0.05, 0) is 0 Å². The number of hydrogen-bond acceptors (Lipinski definition) is 6. The molecule has 70 valence electrons. The van der Waals surface area contributed by atoms with Crippen molar-refractivity contribution >= 4 is 40.1 Å². The van der Waals surface area contributed by atoms with Crippen LogP contribution in [0.2, 0.25) is 0 Å². The molecule has 0 radical (unpaired) electrons. The zero-order valence-corrected chi connectivity index (χ0v) is 8.01. The average molecular weight is 220 g/mol. The van der Waals surface area contributed by atoms with E-state index in [1.165, 1.54) is 11.3 Å². The number of nitrogen functional groups attached to an aromatic ring is 1. The summed E-state index contributed by atoms with van der Waals surface area (Å²) in [4.78, 5) is 18.8. The minimum atomic E-state index is -0.114. The molecule has 0 fully saturated rings. The fourth-order valence-corrected chi connectivity index (χ4v) is 1.23. The number of carbonyl (C=O) groups is 1. The SMILES string of the molecule is Nc1nc(/C(C=O)=N/OCCl)cs1. The minimum absolute atomic E-state index is 0.0774. The molecule has 1 rings (SSSR count). The van der Waals surface area contributed by atoms with Crippen LogP contribution in [-0.4, -0.2) is 23.0 Å². The van der Waals surface area contributed by atoms with E-state index in [0.717, 1.165) is 0 Å². The molecule has 1 aromatic rings. The highest BCUT2D eigenvalue weighted by molar-refractivity contribution is 7.13. The van der Waals surface area contributed by atoms with Crippen LogP contribution < -0.4 is 5.73 Å². The number of anilines is 1. The van der Waals surface area contributed by atoms with E-state index < -0.39 is 0 Å². The second-order valence-corrected chi connectivity index (χ2v) is 3.01. The predicted octanol–water partition coefficient (Wildman–Crippen LogP) is 0.841. The molecule has 0 unspecified atom stereocenters. The molecular weight excluding hydrogens is 214 g/mol. The van der Waals surface area contributed by atoms with Gasteiger partial charge in [-0.25, -0.2) is 4.98 Å². The van der Waals surface area contributed by atoms with Crippen molar-refractivity contribution in [2.75, 3.05) is 11.8 Å². The number of aromatic nitrogens is 1. The van der Waals surface area contributed by atoms with Crippen LogP contribution in [0.4, 0.5) is 5.13 Å². The Morgan fingerprint density at radius 1 is 1.92 bits per heavy atom. The minimum Gasteiger partial charge on any atom is -0.379 e. The molecule has 0 atom stereocenters. The molecular formula is C6H6ClN3O2S. The zero-order chi connectivity index (χ0) is 9.68. The van der Waals surface area contributed by atoms with Crippen molar-refractivity contribution in [3.05, 3.63) is 11.1 Å². The van der Waals surface area contributed by atoms with E-state index >= 15 is 0 Å². The van der Waals surface area contributed by atoms with Crippen molar-refractivity contribution in [3.63, 3.8) is 0 Å². The van der Waals surface area contributed by atoms with Gasteiger partial charge in [0.15, 0.2) is 23.2 Å². The van der Waals surface area contributed by atoms with Gasteiger partial charge in [-0.3, -0.25) is 4.79 Å². The Morgan fingerprint density at radius 3 is 3.15 bits per heavy atom. The lowest BCUT2D eigenvalue weighted by atomic mass is 10.3. The summed E-state index contributed by atoms with van der Waals surface area (Å²) in [5.74, 6) is 0. The number of thiazole rings is 1. The van der Waals surface area contributed by atoms with Gasteiger partial charge in [0, 0.05) is 5.38 Å². The van der Waals surface area contributed by atoms with Crippen molar-refractivity contribution in [2.45, 2.75) is 0 Å². The summed E-state index contributed by atoms with van der Waals surface area (Å²) in [5, 5.41) is 5.43. The van der Waals surface area contributed by atoms with Crippen molar-refractivity contribution < 1.29 is 9.63 Å². The van der Waals surface area contributed by atoms with Crippen LogP contribution in [0.5, 0.6) is 0 Å². The highest BCUT2D eigenvalue weighted by Crippen LogP contribution is 2.11. The number of rotatable bonds is 4. The van der Waals surface area contributed by atoms with Crippen molar-refractivity contribution in [3.8, 4) is 0 Å². The van der Waals surface area contributed by atoms with E-state index in [1.807, 2.05) is 0 Å². The number of oxime groups is 1. The van der Waals surface area contributed by atoms with Crippen LogP contribution in [0, 0.1) is 0 Å². The third-order valence-electron chi connectivity index (χ3n) is 1.11. The summed E-state index contributed by atoms with van der Waals surface area (Å²) in [6.07, 6.45) is 0.529. The van der Waals surface area contributed by atoms with E-state index in [-0.39, 0.29) is 11.8 Å². The van der Waals surface area contributed by atoms with Gasteiger partial charge in [0.25, 0.3) is 0 Å². The van der Waals surface area contributed by atoms with Crippen LogP contribution in [0.25, 0.3) is 0 Å². The molecule has 13 heavy (non-hydrogen) atoms. The maximum absolute atomic E-state index is 10.5. The van der Waals surface area contributed by atoms with Gasteiger partial charge in [0.2, 0.25) is 0 Å². The fourth-order valence-electron chi connectivity index (χ4n) is 0.628. The molecule has 0 aliphatic carbocycles. The first-order valence-corrected chi connectivity index (χ1v) is 4.62. The van der Waals surface area contributed by atoms with Gasteiger partial charge in [-0.2, -0.15) is 0 Å². The lowest BCUT2D eigenvalue weighted by Crippen LogP contribution is -2.04. The van der Waals surface area contributed by atoms with Crippen LogP contribution in [0.3, 0.4) is 0 Å². The summed E-state index contributed by atoms with van der Waals surface area (Å²) >= 11 is 6.43. The Balaban J connectivity index is 2.84. The van der Waals surface area contributed by atoms with Crippen LogP contribution >= 0.6 is 22.9 Å². The largest absolute Gasteiger partial charge is 0.379 e. The lowest BCUT2D eigenvalue weighted by molar-refractivity contribution is -0.102. The monoisotopic (exact) mass is 219 g/mol. The number of alkyl halides is 1. The van der Waals surface area contributed by atoms with Crippen LogP contribution in [0.1, 0.15) is 5.69 Å². The summed E-state index contributed by atoms with van der Waals surface area (Å²) in [7, 11) is 0. The average Bonchev–Trinajstić information content (AvgIpc) is 2.54. The van der Waals surface area contributed by atoms with Crippen LogP contribution in [0.15, 0.2) is 10.5 Å².